The molecule has 0 aromatic rings. The lowest BCUT2D eigenvalue weighted by molar-refractivity contribution is -0.122. The van der Waals surface area contributed by atoms with Crippen molar-refractivity contribution in [2.24, 2.45) is 5.73 Å². The number of hydrogen-bond donors (Lipinski definition) is 2. The maximum atomic E-state index is 11.5. The van der Waals surface area contributed by atoms with Crippen molar-refractivity contribution in [2.45, 2.75) is 38.6 Å². The van der Waals surface area contributed by atoms with Crippen molar-refractivity contribution in [2.75, 3.05) is 33.5 Å². The van der Waals surface area contributed by atoms with Crippen molar-refractivity contribution in [3.63, 3.8) is 0 Å². The third-order valence-corrected chi connectivity index (χ3v) is 2.38. The van der Waals surface area contributed by atoms with Gasteiger partial charge in [-0.2, -0.15) is 0 Å². The van der Waals surface area contributed by atoms with E-state index in [0.29, 0.717) is 26.2 Å². The number of nitrogens with two attached hydrogens (primary N) is 1. The van der Waals surface area contributed by atoms with E-state index >= 15 is 0 Å². The van der Waals surface area contributed by atoms with Crippen LogP contribution in [0, 0.1) is 0 Å². The minimum atomic E-state index is -0.476. The van der Waals surface area contributed by atoms with E-state index in [1.807, 2.05) is 0 Å². The van der Waals surface area contributed by atoms with Crippen LogP contribution in [-0.2, 0) is 14.3 Å². The third-order valence-electron chi connectivity index (χ3n) is 2.38. The van der Waals surface area contributed by atoms with Gasteiger partial charge in [-0.15, -0.1) is 0 Å². The molecule has 3 N–H and O–H groups in total. The Morgan fingerprint density at radius 1 is 1.29 bits per heavy atom. The Morgan fingerprint density at radius 3 is 2.65 bits per heavy atom. The molecule has 0 spiro atoms. The highest BCUT2D eigenvalue weighted by Crippen LogP contribution is 1.91. The fraction of sp³-hybridized carbons (Fsp3) is 0.917. The summed E-state index contributed by atoms with van der Waals surface area (Å²) in [6, 6.07) is -0.476. The van der Waals surface area contributed by atoms with Gasteiger partial charge < -0.3 is 20.5 Å². The quantitative estimate of drug-likeness (QED) is 0.526. The van der Waals surface area contributed by atoms with Crippen molar-refractivity contribution in [1.29, 1.82) is 0 Å². The predicted octanol–water partition coefficient (Wildman–Crippen LogP) is 0.673. The fourth-order valence-corrected chi connectivity index (χ4v) is 1.24. The largest absolute Gasteiger partial charge is 0.385 e. The lowest BCUT2D eigenvalue weighted by Gasteiger charge is -2.11. The molecule has 0 aliphatic heterocycles. The summed E-state index contributed by atoms with van der Waals surface area (Å²) in [5.74, 6) is -0.115. The molecule has 0 aromatic heterocycles. The van der Waals surface area contributed by atoms with Gasteiger partial charge in [-0.05, 0) is 19.3 Å². The van der Waals surface area contributed by atoms with E-state index in [0.717, 1.165) is 25.9 Å². The van der Waals surface area contributed by atoms with E-state index in [4.69, 9.17) is 15.2 Å². The van der Waals surface area contributed by atoms with Gasteiger partial charge in [0.25, 0.3) is 0 Å². The molecule has 0 aliphatic rings. The number of hydrogen-bond acceptors (Lipinski definition) is 4. The van der Waals surface area contributed by atoms with Crippen LogP contribution in [-0.4, -0.2) is 45.4 Å². The van der Waals surface area contributed by atoms with E-state index in [9.17, 15) is 4.79 Å². The van der Waals surface area contributed by atoms with Crippen LogP contribution in [0.2, 0.25) is 0 Å². The first-order valence-electron chi connectivity index (χ1n) is 6.32. The zero-order valence-electron chi connectivity index (χ0n) is 11.0. The molecule has 1 unspecified atom stereocenters. The normalized spacial score (nSPS) is 12.4. The highest BCUT2D eigenvalue weighted by Gasteiger charge is 2.11. The average molecular weight is 246 g/mol. The van der Waals surface area contributed by atoms with Crippen LogP contribution < -0.4 is 11.1 Å². The molecule has 0 heterocycles. The Hall–Kier alpha value is -0.650. The summed E-state index contributed by atoms with van der Waals surface area (Å²) in [6.45, 7) is 4.75. The minimum absolute atomic E-state index is 0.115. The summed E-state index contributed by atoms with van der Waals surface area (Å²) in [5.41, 5.74) is 5.66. The average Bonchev–Trinajstić information content (AvgIpc) is 2.34. The smallest absolute Gasteiger partial charge is 0.237 e. The lowest BCUT2D eigenvalue weighted by Crippen LogP contribution is -2.41. The van der Waals surface area contributed by atoms with E-state index in [-0.39, 0.29) is 5.91 Å². The second kappa shape index (κ2) is 11.8. The second-order valence-corrected chi connectivity index (χ2v) is 4.00. The number of ether oxygens (including phenoxy) is 2. The van der Waals surface area contributed by atoms with Crippen molar-refractivity contribution in [3.05, 3.63) is 0 Å². The Bertz CT molecular complexity index is 189. The molecule has 0 aliphatic carbocycles. The highest BCUT2D eigenvalue weighted by atomic mass is 16.5. The SMILES string of the molecule is CCCCOCCCNC(=O)C(N)CCOC. The Labute approximate surface area is 104 Å². The van der Waals surface area contributed by atoms with Crippen molar-refractivity contribution >= 4 is 5.91 Å². The molecule has 0 aromatic carbocycles. The van der Waals surface area contributed by atoms with Crippen LogP contribution in [0.1, 0.15) is 32.6 Å². The fourth-order valence-electron chi connectivity index (χ4n) is 1.24. The molecule has 0 saturated heterocycles. The Kier molecular flexibility index (Phi) is 11.4. The van der Waals surface area contributed by atoms with Crippen molar-refractivity contribution in [3.8, 4) is 0 Å². The summed E-state index contributed by atoms with van der Waals surface area (Å²) in [6.07, 6.45) is 3.61. The van der Waals surface area contributed by atoms with E-state index in [1.54, 1.807) is 7.11 Å². The summed E-state index contributed by atoms with van der Waals surface area (Å²) in [5, 5.41) is 2.78. The first-order chi connectivity index (χ1) is 8.22. The molecule has 1 amide bonds. The molecular weight excluding hydrogens is 220 g/mol. The standard InChI is InChI=1S/C12H26N2O3/c1-3-4-8-17-9-5-7-14-12(15)11(13)6-10-16-2/h11H,3-10,13H2,1-2H3,(H,14,15). The first kappa shape index (κ1) is 16.4. The molecule has 0 radical (unpaired) electrons. The topological polar surface area (TPSA) is 73.6 Å². The Morgan fingerprint density at radius 2 is 2.00 bits per heavy atom. The van der Waals surface area contributed by atoms with E-state index < -0.39 is 6.04 Å². The highest BCUT2D eigenvalue weighted by molar-refractivity contribution is 5.81. The number of carbonyl (C=O) groups is 1. The molecule has 5 nitrogen and oxygen atoms in total. The van der Waals surface area contributed by atoms with Gasteiger partial charge in [0.1, 0.15) is 0 Å². The van der Waals surface area contributed by atoms with Crippen LogP contribution in [0.3, 0.4) is 0 Å². The summed E-state index contributed by atoms with van der Waals surface area (Å²) >= 11 is 0. The maximum absolute atomic E-state index is 11.5. The van der Waals surface area contributed by atoms with Gasteiger partial charge in [0.2, 0.25) is 5.91 Å². The number of methoxy groups -OCH3 is 1. The van der Waals surface area contributed by atoms with Crippen LogP contribution in [0.25, 0.3) is 0 Å². The molecule has 5 heteroatoms. The monoisotopic (exact) mass is 246 g/mol. The van der Waals surface area contributed by atoms with Gasteiger partial charge in [0, 0.05) is 33.5 Å². The summed E-state index contributed by atoms with van der Waals surface area (Å²) in [4.78, 5) is 11.5. The number of unbranched alkanes of at least 4 members (excludes halogenated alkanes) is 1. The molecule has 0 bridgehead atoms. The molecule has 17 heavy (non-hydrogen) atoms. The Balaban J connectivity index is 3.32. The minimum Gasteiger partial charge on any atom is -0.385 e. The first-order valence-corrected chi connectivity index (χ1v) is 6.32. The summed E-state index contributed by atoms with van der Waals surface area (Å²) in [7, 11) is 1.60. The number of amides is 1. The van der Waals surface area contributed by atoms with Crippen LogP contribution in [0.15, 0.2) is 0 Å². The van der Waals surface area contributed by atoms with Crippen LogP contribution in [0.4, 0.5) is 0 Å². The van der Waals surface area contributed by atoms with E-state index in [2.05, 4.69) is 12.2 Å². The second-order valence-electron chi connectivity index (χ2n) is 4.00. The molecular formula is C12H26N2O3. The maximum Gasteiger partial charge on any atom is 0.237 e. The van der Waals surface area contributed by atoms with Crippen LogP contribution >= 0.6 is 0 Å². The zero-order chi connectivity index (χ0) is 12.9. The molecule has 102 valence electrons. The predicted molar refractivity (Wildman–Crippen MR) is 67.8 cm³/mol. The van der Waals surface area contributed by atoms with Gasteiger partial charge >= 0.3 is 0 Å². The van der Waals surface area contributed by atoms with Crippen LogP contribution in [0.5, 0.6) is 0 Å². The molecule has 1 atom stereocenters. The number of carbonyl (C=O) groups excluding carboxylic acids is 1. The number of rotatable bonds is 11. The van der Waals surface area contributed by atoms with Gasteiger partial charge in [0.05, 0.1) is 6.04 Å². The molecule has 0 fully saturated rings. The third kappa shape index (κ3) is 10.2. The molecule has 0 saturated carbocycles. The molecule has 0 rings (SSSR count). The van der Waals surface area contributed by atoms with Gasteiger partial charge in [-0.1, -0.05) is 13.3 Å². The van der Waals surface area contributed by atoms with Crippen molar-refractivity contribution in [1.82, 2.24) is 5.32 Å². The lowest BCUT2D eigenvalue weighted by atomic mass is 10.2. The van der Waals surface area contributed by atoms with Gasteiger partial charge in [0.15, 0.2) is 0 Å². The van der Waals surface area contributed by atoms with Crippen molar-refractivity contribution < 1.29 is 14.3 Å². The number of nitrogens with one attached hydrogen (secondary N) is 1. The van der Waals surface area contributed by atoms with Gasteiger partial charge in [-0.25, -0.2) is 0 Å². The summed E-state index contributed by atoms with van der Waals surface area (Å²) < 4.78 is 10.2. The van der Waals surface area contributed by atoms with Gasteiger partial charge in [-0.3, -0.25) is 4.79 Å². The zero-order valence-corrected chi connectivity index (χ0v) is 11.0. The van der Waals surface area contributed by atoms with E-state index in [1.165, 1.54) is 0 Å².